The van der Waals surface area contributed by atoms with Crippen molar-refractivity contribution >= 4 is 37.5 Å². The molecule has 7 heteroatoms. The van der Waals surface area contributed by atoms with Crippen LogP contribution in [-0.2, 0) is 14.8 Å². The number of hydrogen-bond acceptors (Lipinski definition) is 3. The number of nitrogens with one attached hydrogen (secondary N) is 1. The second kappa shape index (κ2) is 8.31. The zero-order valence-corrected chi connectivity index (χ0v) is 16.2. The van der Waals surface area contributed by atoms with Gasteiger partial charge in [-0.25, -0.2) is 8.42 Å². The Labute approximate surface area is 156 Å². The predicted molar refractivity (Wildman–Crippen MR) is 103 cm³/mol. The van der Waals surface area contributed by atoms with E-state index >= 15 is 0 Å². The fraction of sp³-hybridized carbons (Fsp3) is 0.167. The molecule has 132 valence electrons. The number of rotatable bonds is 7. The van der Waals surface area contributed by atoms with Gasteiger partial charge in [0, 0.05) is 11.0 Å². The van der Waals surface area contributed by atoms with Gasteiger partial charge in [0.1, 0.15) is 6.54 Å². The number of benzene rings is 2. The van der Waals surface area contributed by atoms with E-state index in [0.717, 1.165) is 14.3 Å². The molecule has 2 rings (SSSR count). The Morgan fingerprint density at radius 3 is 2.32 bits per heavy atom. The summed E-state index contributed by atoms with van der Waals surface area (Å²) in [5.74, 6) is -0.404. The van der Waals surface area contributed by atoms with Crippen molar-refractivity contribution < 1.29 is 13.2 Å². The van der Waals surface area contributed by atoms with Crippen molar-refractivity contribution in [1.29, 1.82) is 0 Å². The number of sulfonamides is 1. The van der Waals surface area contributed by atoms with Crippen molar-refractivity contribution in [3.8, 4) is 0 Å². The monoisotopic (exact) mass is 422 g/mol. The van der Waals surface area contributed by atoms with Gasteiger partial charge in [-0.3, -0.25) is 9.10 Å². The summed E-state index contributed by atoms with van der Waals surface area (Å²) in [7, 11) is -3.87. The molecule has 1 amide bonds. The Bertz CT molecular complexity index is 847. The van der Waals surface area contributed by atoms with Gasteiger partial charge in [-0.1, -0.05) is 39.7 Å². The lowest BCUT2D eigenvalue weighted by Crippen LogP contribution is -2.40. The molecule has 0 radical (unpaired) electrons. The third-order valence-electron chi connectivity index (χ3n) is 3.45. The van der Waals surface area contributed by atoms with Crippen LogP contribution in [0.2, 0.25) is 0 Å². The molecule has 2 aromatic rings. The summed E-state index contributed by atoms with van der Waals surface area (Å²) in [6.07, 6.45) is 1.54. The maximum atomic E-state index is 13.1. The summed E-state index contributed by atoms with van der Waals surface area (Å²) < 4.78 is 28.0. The molecular formula is C18H19BrN2O3S. The van der Waals surface area contributed by atoms with Crippen molar-refractivity contribution in [3.05, 3.63) is 71.2 Å². The number of anilines is 1. The predicted octanol–water partition coefficient (Wildman–Crippen LogP) is 3.26. The van der Waals surface area contributed by atoms with Gasteiger partial charge in [-0.2, -0.15) is 0 Å². The van der Waals surface area contributed by atoms with E-state index in [1.54, 1.807) is 36.4 Å². The van der Waals surface area contributed by atoms with Gasteiger partial charge < -0.3 is 5.32 Å². The quantitative estimate of drug-likeness (QED) is 0.696. The first-order valence-corrected chi connectivity index (χ1v) is 9.80. The molecule has 2 aromatic carbocycles. The van der Waals surface area contributed by atoms with E-state index in [1.807, 2.05) is 6.92 Å². The van der Waals surface area contributed by atoms with Crippen LogP contribution in [0.1, 0.15) is 5.56 Å². The number of amides is 1. The Hall–Kier alpha value is -2.12. The van der Waals surface area contributed by atoms with Crippen LogP contribution in [-0.4, -0.2) is 27.4 Å². The number of nitrogens with zero attached hydrogens (tertiary/aromatic N) is 1. The molecule has 0 saturated carbocycles. The molecule has 0 saturated heterocycles. The highest BCUT2D eigenvalue weighted by Crippen LogP contribution is 2.25. The third-order valence-corrected chi connectivity index (χ3v) is 5.77. The van der Waals surface area contributed by atoms with Crippen LogP contribution in [0.3, 0.4) is 0 Å². The largest absolute Gasteiger partial charge is 0.351 e. The minimum absolute atomic E-state index is 0.137. The van der Waals surface area contributed by atoms with E-state index in [1.165, 1.54) is 18.2 Å². The topological polar surface area (TPSA) is 66.5 Å². The van der Waals surface area contributed by atoms with Gasteiger partial charge in [-0.05, 0) is 43.3 Å². The normalized spacial score (nSPS) is 11.0. The van der Waals surface area contributed by atoms with Crippen LogP contribution in [0.25, 0.3) is 0 Å². The van der Waals surface area contributed by atoms with Gasteiger partial charge in [0.2, 0.25) is 5.91 Å². The zero-order chi connectivity index (χ0) is 18.4. The van der Waals surface area contributed by atoms with Crippen molar-refractivity contribution in [2.24, 2.45) is 0 Å². The lowest BCUT2D eigenvalue weighted by atomic mass is 10.2. The SMILES string of the molecule is C=CCNC(=O)CN(c1ccc(Br)cc1)S(=O)(=O)c1ccc(C)cc1. The van der Waals surface area contributed by atoms with Gasteiger partial charge >= 0.3 is 0 Å². The fourth-order valence-corrected chi connectivity index (χ4v) is 3.82. The van der Waals surface area contributed by atoms with E-state index in [2.05, 4.69) is 27.8 Å². The lowest BCUT2D eigenvalue weighted by molar-refractivity contribution is -0.119. The first kappa shape index (κ1) is 19.2. The first-order valence-electron chi connectivity index (χ1n) is 7.57. The molecule has 0 fully saturated rings. The minimum Gasteiger partial charge on any atom is -0.351 e. The van der Waals surface area contributed by atoms with Crippen LogP contribution in [0.15, 0.2) is 70.6 Å². The molecule has 0 aliphatic carbocycles. The molecule has 0 spiro atoms. The second-order valence-electron chi connectivity index (χ2n) is 5.39. The summed E-state index contributed by atoms with van der Waals surface area (Å²) in [6, 6.07) is 13.3. The minimum atomic E-state index is -3.87. The fourth-order valence-electron chi connectivity index (χ4n) is 2.13. The Morgan fingerprint density at radius 1 is 1.16 bits per heavy atom. The standard InChI is InChI=1S/C18H19BrN2O3S/c1-3-12-20-18(22)13-21(16-8-6-15(19)7-9-16)25(23,24)17-10-4-14(2)5-11-17/h3-11H,1,12-13H2,2H3,(H,20,22). The van der Waals surface area contributed by atoms with Gasteiger partial charge in [-0.15, -0.1) is 6.58 Å². The van der Waals surface area contributed by atoms with Crippen molar-refractivity contribution in [3.63, 3.8) is 0 Å². The highest BCUT2D eigenvalue weighted by molar-refractivity contribution is 9.10. The highest BCUT2D eigenvalue weighted by Gasteiger charge is 2.27. The van der Waals surface area contributed by atoms with Crippen LogP contribution < -0.4 is 9.62 Å². The first-order chi connectivity index (χ1) is 11.8. The number of hydrogen-bond donors (Lipinski definition) is 1. The van der Waals surface area contributed by atoms with E-state index in [-0.39, 0.29) is 18.0 Å². The number of halogens is 1. The molecule has 1 N–H and O–H groups in total. The molecule has 0 atom stereocenters. The number of carbonyl (C=O) groups excluding carboxylic acids is 1. The average molecular weight is 423 g/mol. The van der Waals surface area contributed by atoms with Crippen molar-refractivity contribution in [2.75, 3.05) is 17.4 Å². The van der Waals surface area contributed by atoms with E-state index in [0.29, 0.717) is 5.69 Å². The van der Waals surface area contributed by atoms with E-state index < -0.39 is 15.9 Å². The molecule has 0 heterocycles. The lowest BCUT2D eigenvalue weighted by Gasteiger charge is -2.24. The number of aryl methyl sites for hydroxylation is 1. The van der Waals surface area contributed by atoms with Crippen LogP contribution in [0, 0.1) is 6.92 Å². The number of carbonyl (C=O) groups is 1. The second-order valence-corrected chi connectivity index (χ2v) is 8.17. The summed E-state index contributed by atoms with van der Waals surface area (Å²) >= 11 is 3.32. The van der Waals surface area contributed by atoms with Crippen LogP contribution in [0.4, 0.5) is 5.69 Å². The zero-order valence-electron chi connectivity index (χ0n) is 13.8. The average Bonchev–Trinajstić information content (AvgIpc) is 2.59. The van der Waals surface area contributed by atoms with Gasteiger partial charge in [0.05, 0.1) is 10.6 Å². The summed E-state index contributed by atoms with van der Waals surface area (Å²) in [4.78, 5) is 12.2. The van der Waals surface area contributed by atoms with Gasteiger partial charge in [0.15, 0.2) is 0 Å². The molecule has 0 aromatic heterocycles. The van der Waals surface area contributed by atoms with E-state index in [4.69, 9.17) is 0 Å². The molecule has 0 unspecified atom stereocenters. The molecule has 5 nitrogen and oxygen atoms in total. The summed E-state index contributed by atoms with van der Waals surface area (Å²) in [6.45, 7) is 5.37. The summed E-state index contributed by atoms with van der Waals surface area (Å²) in [5.41, 5.74) is 1.37. The van der Waals surface area contributed by atoms with E-state index in [9.17, 15) is 13.2 Å². The smallest absolute Gasteiger partial charge is 0.264 e. The Balaban J connectivity index is 2.42. The third kappa shape index (κ3) is 4.93. The van der Waals surface area contributed by atoms with Crippen LogP contribution >= 0.6 is 15.9 Å². The molecular weight excluding hydrogens is 404 g/mol. The van der Waals surface area contributed by atoms with Crippen LogP contribution in [0.5, 0.6) is 0 Å². The highest BCUT2D eigenvalue weighted by atomic mass is 79.9. The Morgan fingerprint density at radius 2 is 1.76 bits per heavy atom. The van der Waals surface area contributed by atoms with Gasteiger partial charge in [0.25, 0.3) is 10.0 Å². The maximum absolute atomic E-state index is 13.1. The molecule has 0 aliphatic rings. The molecule has 25 heavy (non-hydrogen) atoms. The van der Waals surface area contributed by atoms with Crippen molar-refractivity contribution in [2.45, 2.75) is 11.8 Å². The molecule has 0 aliphatic heterocycles. The Kier molecular flexibility index (Phi) is 6.39. The van der Waals surface area contributed by atoms with Crippen molar-refractivity contribution in [1.82, 2.24) is 5.32 Å². The molecule has 0 bridgehead atoms. The maximum Gasteiger partial charge on any atom is 0.264 e. The summed E-state index contributed by atoms with van der Waals surface area (Å²) in [5, 5.41) is 2.60.